The van der Waals surface area contributed by atoms with E-state index in [1.807, 2.05) is 0 Å². The molecule has 1 aromatic heterocycles. The Bertz CT molecular complexity index is 3030. The van der Waals surface area contributed by atoms with Crippen LogP contribution < -0.4 is 4.90 Å². The van der Waals surface area contributed by atoms with Gasteiger partial charge in [-0.15, -0.1) is 0 Å². The molecular weight excluding hydrogens is 677 g/mol. The molecule has 5 aliphatic rings. The minimum Gasteiger partial charge on any atom is -0.310 e. The molecule has 0 aliphatic heterocycles. The summed E-state index contributed by atoms with van der Waals surface area (Å²) in [6, 6.07) is 64.3. The van der Waals surface area contributed by atoms with E-state index in [1.54, 1.807) is 11.1 Å². The fraction of sp³-hybridized carbons (Fsp3) is 0.185. The van der Waals surface area contributed by atoms with Crippen molar-refractivity contribution in [2.24, 2.45) is 23.7 Å². The van der Waals surface area contributed by atoms with Crippen molar-refractivity contribution >= 4 is 60.4 Å². The van der Waals surface area contributed by atoms with Crippen LogP contribution in [0.15, 0.2) is 170 Å². The molecule has 4 fully saturated rings. The average molecular weight is 719 g/mol. The van der Waals surface area contributed by atoms with E-state index in [-0.39, 0.29) is 5.41 Å². The molecule has 0 unspecified atom stereocenters. The lowest BCUT2D eigenvalue weighted by Crippen LogP contribution is -2.55. The summed E-state index contributed by atoms with van der Waals surface area (Å²) in [6.07, 6.45) is 7.05. The summed E-state index contributed by atoms with van der Waals surface area (Å²) < 4.78 is 2.44. The normalized spacial score (nSPS) is 23.1. The van der Waals surface area contributed by atoms with Gasteiger partial charge in [-0.05, 0) is 143 Å². The number of fused-ring (bicyclic) bond motifs is 9. The van der Waals surface area contributed by atoms with Gasteiger partial charge in [0.2, 0.25) is 0 Å². The first-order valence-corrected chi connectivity index (χ1v) is 20.8. The first-order chi connectivity index (χ1) is 27.7. The molecule has 0 saturated heterocycles. The van der Waals surface area contributed by atoms with Crippen LogP contribution in [0.5, 0.6) is 0 Å². The number of hydrogen-bond donors (Lipinski definition) is 0. The Kier molecular flexibility index (Phi) is 6.37. The Balaban J connectivity index is 1.09. The van der Waals surface area contributed by atoms with Gasteiger partial charge in [0.15, 0.2) is 0 Å². The van der Waals surface area contributed by atoms with Crippen LogP contribution in [0.1, 0.15) is 43.2 Å². The summed E-state index contributed by atoms with van der Waals surface area (Å²) in [5.74, 6) is 3.35. The zero-order chi connectivity index (χ0) is 36.5. The Labute approximate surface area is 327 Å². The summed E-state index contributed by atoms with van der Waals surface area (Å²) in [6.45, 7) is 0. The molecule has 0 radical (unpaired) electrons. The smallest absolute Gasteiger partial charge is 0.0561 e. The summed E-state index contributed by atoms with van der Waals surface area (Å²) in [5, 5.41) is 7.62. The van der Waals surface area contributed by atoms with E-state index in [4.69, 9.17) is 0 Å². The second-order valence-electron chi connectivity index (χ2n) is 17.3. The third kappa shape index (κ3) is 4.12. The maximum Gasteiger partial charge on any atom is 0.0561 e. The summed E-state index contributed by atoms with van der Waals surface area (Å²) in [7, 11) is 0. The topological polar surface area (TPSA) is 8.17 Å². The maximum absolute atomic E-state index is 2.57. The van der Waals surface area contributed by atoms with Crippen molar-refractivity contribution in [1.82, 2.24) is 4.57 Å². The van der Waals surface area contributed by atoms with Crippen molar-refractivity contribution in [3.8, 4) is 16.8 Å². The van der Waals surface area contributed by atoms with Crippen molar-refractivity contribution < 1.29 is 0 Å². The fourth-order valence-corrected chi connectivity index (χ4v) is 12.9. The highest BCUT2D eigenvalue weighted by molar-refractivity contribution is 6.15. The summed E-state index contributed by atoms with van der Waals surface area (Å²) in [5.41, 5.74) is 13.4. The van der Waals surface area contributed by atoms with Gasteiger partial charge in [0.1, 0.15) is 0 Å². The summed E-state index contributed by atoms with van der Waals surface area (Å²) >= 11 is 0. The van der Waals surface area contributed by atoms with Gasteiger partial charge in [-0.3, -0.25) is 0 Å². The van der Waals surface area contributed by atoms with Gasteiger partial charge in [0.25, 0.3) is 0 Å². The highest BCUT2D eigenvalue weighted by atomic mass is 15.1. The SMILES string of the molecule is c1ccc(-n2c3ccccc3c3ccc(N(c4ccc5c(c4)-c4ccccc4C54C5CC6CC(C5)CC4C6)c4cc5ccccc5c5ccccc45)cc32)cc1. The molecule has 2 nitrogen and oxygen atoms in total. The van der Waals surface area contributed by atoms with Crippen molar-refractivity contribution in [1.29, 1.82) is 0 Å². The Hall–Kier alpha value is -6.12. The van der Waals surface area contributed by atoms with E-state index in [9.17, 15) is 0 Å². The van der Waals surface area contributed by atoms with Gasteiger partial charge in [-0.1, -0.05) is 121 Å². The predicted octanol–water partition coefficient (Wildman–Crippen LogP) is 14.3. The van der Waals surface area contributed by atoms with E-state index in [0.717, 1.165) is 29.4 Å². The Morgan fingerprint density at radius 3 is 1.86 bits per heavy atom. The van der Waals surface area contributed by atoms with Gasteiger partial charge in [-0.25, -0.2) is 0 Å². The molecule has 5 aliphatic carbocycles. The largest absolute Gasteiger partial charge is 0.310 e. The van der Waals surface area contributed by atoms with Crippen LogP contribution in [0.4, 0.5) is 17.1 Å². The van der Waals surface area contributed by atoms with Crippen LogP contribution in [0.3, 0.4) is 0 Å². The molecule has 1 heterocycles. The van der Waals surface area contributed by atoms with Gasteiger partial charge < -0.3 is 9.47 Å². The van der Waals surface area contributed by atoms with Crippen molar-refractivity contribution in [3.05, 3.63) is 181 Å². The number of aromatic nitrogens is 1. The minimum atomic E-state index is 0.147. The second kappa shape index (κ2) is 11.5. The molecule has 4 bridgehead atoms. The molecule has 9 aromatic rings. The first-order valence-electron chi connectivity index (χ1n) is 20.8. The number of para-hydroxylation sites is 2. The monoisotopic (exact) mass is 718 g/mol. The average Bonchev–Trinajstić information content (AvgIpc) is 3.73. The highest BCUT2D eigenvalue weighted by Gasteiger charge is 2.61. The van der Waals surface area contributed by atoms with Crippen molar-refractivity contribution in [2.75, 3.05) is 4.90 Å². The van der Waals surface area contributed by atoms with E-state index in [2.05, 4.69) is 179 Å². The van der Waals surface area contributed by atoms with Crippen LogP contribution in [-0.4, -0.2) is 4.57 Å². The molecule has 56 heavy (non-hydrogen) atoms. The van der Waals surface area contributed by atoms with Crippen molar-refractivity contribution in [2.45, 2.75) is 37.5 Å². The maximum atomic E-state index is 2.57. The number of rotatable bonds is 4. The highest BCUT2D eigenvalue weighted by Crippen LogP contribution is 2.69. The van der Waals surface area contributed by atoms with E-state index in [0.29, 0.717) is 0 Å². The van der Waals surface area contributed by atoms with Gasteiger partial charge >= 0.3 is 0 Å². The summed E-state index contributed by atoms with van der Waals surface area (Å²) in [4.78, 5) is 2.56. The molecule has 0 N–H and O–H groups in total. The second-order valence-corrected chi connectivity index (χ2v) is 17.3. The number of nitrogens with zero attached hydrogens (tertiary/aromatic N) is 2. The third-order valence-corrected chi connectivity index (χ3v) is 14.7. The standard InChI is InChI=1S/C54H42N2/c1-2-13-39(14-3-1)56-51-21-11-9-19-46(51)47-24-22-41(33-53(47)56)55(52-31-36-12-4-5-15-42(36)43-16-6-7-18-45(43)52)40-23-25-50-48(32-40)44-17-8-10-20-49(44)54(50)37-27-34-26-35(29-37)30-38(54)28-34/h1-25,31-35,37-38H,26-30H2. The lowest BCUT2D eigenvalue weighted by atomic mass is 9.43. The van der Waals surface area contributed by atoms with Crippen LogP contribution in [-0.2, 0) is 5.41 Å². The zero-order valence-electron chi connectivity index (χ0n) is 31.4. The molecule has 268 valence electrons. The van der Waals surface area contributed by atoms with E-state index in [1.165, 1.54) is 104 Å². The zero-order valence-corrected chi connectivity index (χ0v) is 31.4. The molecule has 14 rings (SSSR count). The minimum absolute atomic E-state index is 0.147. The predicted molar refractivity (Wildman–Crippen MR) is 234 cm³/mol. The van der Waals surface area contributed by atoms with Crippen LogP contribution in [0.2, 0.25) is 0 Å². The van der Waals surface area contributed by atoms with Gasteiger partial charge in [0.05, 0.1) is 16.7 Å². The van der Waals surface area contributed by atoms with Crippen molar-refractivity contribution in [3.63, 3.8) is 0 Å². The molecule has 4 saturated carbocycles. The Morgan fingerprint density at radius 1 is 0.429 bits per heavy atom. The number of hydrogen-bond acceptors (Lipinski definition) is 1. The van der Waals surface area contributed by atoms with E-state index >= 15 is 0 Å². The third-order valence-electron chi connectivity index (χ3n) is 14.7. The lowest BCUT2D eigenvalue weighted by molar-refractivity contribution is -0.0399. The molecule has 0 atom stereocenters. The fourth-order valence-electron chi connectivity index (χ4n) is 12.9. The van der Waals surface area contributed by atoms with Crippen LogP contribution >= 0.6 is 0 Å². The lowest BCUT2D eigenvalue weighted by Gasteiger charge is -2.61. The van der Waals surface area contributed by atoms with Gasteiger partial charge in [0, 0.05) is 38.6 Å². The number of benzene rings is 8. The molecular formula is C54H42N2. The van der Waals surface area contributed by atoms with Crippen LogP contribution in [0.25, 0.3) is 60.2 Å². The first kappa shape index (κ1) is 31.1. The van der Waals surface area contributed by atoms with E-state index < -0.39 is 0 Å². The molecule has 2 heteroatoms. The quantitative estimate of drug-likeness (QED) is 0.165. The van der Waals surface area contributed by atoms with Crippen LogP contribution in [0, 0.1) is 23.7 Å². The molecule has 8 aromatic carbocycles. The molecule has 1 spiro atoms. The number of anilines is 3. The van der Waals surface area contributed by atoms with Gasteiger partial charge in [-0.2, -0.15) is 0 Å². The molecule has 0 amide bonds. The Morgan fingerprint density at radius 2 is 1.04 bits per heavy atom.